The van der Waals surface area contributed by atoms with Crippen LogP contribution in [0, 0.1) is 5.92 Å². The van der Waals surface area contributed by atoms with Gasteiger partial charge in [-0.25, -0.2) is 0 Å². The largest absolute Gasteiger partial charge is 0.462 e. The molecule has 0 unspecified atom stereocenters. The second-order valence-electron chi connectivity index (χ2n) is 4.96. The molecule has 0 aromatic rings. The Bertz CT molecular complexity index is 173. The number of halogens is 1. The Morgan fingerprint density at radius 2 is 2.00 bits per heavy atom. The van der Waals surface area contributed by atoms with Crippen molar-refractivity contribution in [2.45, 2.75) is 45.8 Å². The lowest BCUT2D eigenvalue weighted by atomic mass is 9.97. The summed E-state index contributed by atoms with van der Waals surface area (Å²) in [5.74, 6) is 0.670. The molecule has 4 nitrogen and oxygen atoms in total. The van der Waals surface area contributed by atoms with Crippen molar-refractivity contribution in [2.75, 3.05) is 13.1 Å². The van der Waals surface area contributed by atoms with E-state index in [2.05, 4.69) is 17.0 Å². The monoisotopic (exact) mass is 252 g/mol. The van der Waals surface area contributed by atoms with Crippen molar-refractivity contribution in [1.82, 2.24) is 5.32 Å². The third kappa shape index (κ3) is 10.2. The van der Waals surface area contributed by atoms with Crippen LogP contribution in [0.4, 0.5) is 0 Å². The van der Waals surface area contributed by atoms with Crippen molar-refractivity contribution in [3.63, 3.8) is 0 Å². The summed E-state index contributed by atoms with van der Waals surface area (Å²) in [5.41, 5.74) is 5.42. The topological polar surface area (TPSA) is 64.3 Å². The molecule has 0 radical (unpaired) electrons. The standard InChI is InChI=1S/C6H14N2.C5H10O2.ClH/c1-5-4-8-3-2-6(5)7;1-5(2,3)7-4-6;/h5-6,8H,2-4,7H2,1H3;4H,1-3H3;1H/t5-,6-;;/m1../s1. The van der Waals surface area contributed by atoms with Crippen molar-refractivity contribution in [3.8, 4) is 0 Å². The van der Waals surface area contributed by atoms with Gasteiger partial charge in [-0.15, -0.1) is 12.4 Å². The van der Waals surface area contributed by atoms with Crippen molar-refractivity contribution in [2.24, 2.45) is 11.7 Å². The molecular weight excluding hydrogens is 228 g/mol. The van der Waals surface area contributed by atoms with Gasteiger partial charge in [0.15, 0.2) is 0 Å². The van der Waals surface area contributed by atoms with Crippen molar-refractivity contribution >= 4 is 18.9 Å². The first-order chi connectivity index (χ1) is 6.87. The molecule has 0 bridgehead atoms. The molecule has 1 aliphatic heterocycles. The molecule has 0 amide bonds. The van der Waals surface area contributed by atoms with E-state index in [4.69, 9.17) is 5.73 Å². The fraction of sp³-hybridized carbons (Fsp3) is 0.909. The Labute approximate surface area is 105 Å². The van der Waals surface area contributed by atoms with Crippen LogP contribution in [0.15, 0.2) is 0 Å². The molecular formula is C11H25ClN2O2. The van der Waals surface area contributed by atoms with Crippen LogP contribution in [0.3, 0.4) is 0 Å². The zero-order valence-electron chi connectivity index (χ0n) is 10.7. The average molecular weight is 253 g/mol. The Balaban J connectivity index is 0. The number of carbonyl (C=O) groups excluding carboxylic acids is 1. The zero-order chi connectivity index (χ0) is 11.9. The quantitative estimate of drug-likeness (QED) is 0.691. The number of ether oxygens (including phenoxy) is 1. The van der Waals surface area contributed by atoms with Gasteiger partial charge in [0.1, 0.15) is 5.60 Å². The molecule has 1 rings (SSSR count). The predicted octanol–water partition coefficient (Wildman–Crippen LogP) is 1.32. The first kappa shape index (κ1) is 18.1. The highest BCUT2D eigenvalue weighted by Gasteiger charge is 2.15. The van der Waals surface area contributed by atoms with Gasteiger partial charge in [0.05, 0.1) is 0 Å². The Morgan fingerprint density at radius 3 is 2.19 bits per heavy atom. The summed E-state index contributed by atoms with van der Waals surface area (Å²) in [6, 6.07) is 0.441. The van der Waals surface area contributed by atoms with Crippen LogP contribution in [0.5, 0.6) is 0 Å². The van der Waals surface area contributed by atoms with E-state index in [1.807, 2.05) is 20.8 Å². The minimum atomic E-state index is -0.318. The second kappa shape index (κ2) is 8.79. The number of rotatable bonds is 1. The third-order valence-electron chi connectivity index (χ3n) is 2.25. The summed E-state index contributed by atoms with van der Waals surface area (Å²) >= 11 is 0. The second-order valence-corrected chi connectivity index (χ2v) is 4.96. The van der Waals surface area contributed by atoms with Crippen molar-refractivity contribution in [3.05, 3.63) is 0 Å². The first-order valence-electron chi connectivity index (χ1n) is 5.44. The maximum Gasteiger partial charge on any atom is 0.293 e. The molecule has 5 heteroatoms. The number of hydrogen-bond donors (Lipinski definition) is 2. The summed E-state index contributed by atoms with van der Waals surface area (Å²) in [7, 11) is 0. The number of piperidine rings is 1. The minimum absolute atomic E-state index is 0. The van der Waals surface area contributed by atoms with Crippen LogP contribution in [-0.4, -0.2) is 31.2 Å². The molecule has 0 aromatic heterocycles. The SMILES string of the molecule is CC(C)(C)OC=O.C[C@@H]1CNCC[C@H]1N.Cl. The van der Waals surface area contributed by atoms with Gasteiger partial charge in [-0.2, -0.15) is 0 Å². The van der Waals surface area contributed by atoms with E-state index in [-0.39, 0.29) is 18.0 Å². The molecule has 3 N–H and O–H groups in total. The van der Waals surface area contributed by atoms with Crippen molar-refractivity contribution in [1.29, 1.82) is 0 Å². The summed E-state index contributed by atoms with van der Waals surface area (Å²) in [5, 5.41) is 3.28. The Hall–Kier alpha value is -0.320. The first-order valence-corrected chi connectivity index (χ1v) is 5.44. The van der Waals surface area contributed by atoms with Crippen LogP contribution < -0.4 is 11.1 Å². The molecule has 0 spiro atoms. The van der Waals surface area contributed by atoms with Crippen LogP contribution in [0.25, 0.3) is 0 Å². The summed E-state index contributed by atoms with van der Waals surface area (Å²) in [6.45, 7) is 10.3. The van der Waals surface area contributed by atoms with Gasteiger partial charge < -0.3 is 15.8 Å². The summed E-state index contributed by atoms with van der Waals surface area (Å²) in [6.07, 6.45) is 1.14. The molecule has 0 saturated carbocycles. The van der Waals surface area contributed by atoms with Gasteiger partial charge in [-0.3, -0.25) is 4.79 Å². The Morgan fingerprint density at radius 1 is 1.44 bits per heavy atom. The van der Waals surface area contributed by atoms with E-state index in [1.165, 1.54) is 0 Å². The van der Waals surface area contributed by atoms with Gasteiger partial charge in [0.25, 0.3) is 6.47 Å². The van der Waals surface area contributed by atoms with Crippen LogP contribution in [-0.2, 0) is 9.53 Å². The van der Waals surface area contributed by atoms with Crippen LogP contribution in [0.2, 0.25) is 0 Å². The normalized spacial score (nSPS) is 24.6. The molecule has 2 atom stereocenters. The van der Waals surface area contributed by atoms with Crippen molar-refractivity contribution < 1.29 is 9.53 Å². The fourth-order valence-electron chi connectivity index (χ4n) is 1.18. The van der Waals surface area contributed by atoms with Crippen LogP contribution in [0.1, 0.15) is 34.1 Å². The maximum atomic E-state index is 9.60. The lowest BCUT2D eigenvalue weighted by molar-refractivity contribution is -0.138. The molecule has 98 valence electrons. The number of nitrogens with two attached hydrogens (primary N) is 1. The molecule has 1 saturated heterocycles. The van der Waals surface area contributed by atoms with E-state index in [1.54, 1.807) is 0 Å². The molecule has 1 fully saturated rings. The zero-order valence-corrected chi connectivity index (χ0v) is 11.5. The van der Waals surface area contributed by atoms with E-state index in [0.717, 1.165) is 19.5 Å². The maximum absolute atomic E-state index is 9.60. The van der Waals surface area contributed by atoms with E-state index < -0.39 is 0 Å². The lowest BCUT2D eigenvalue weighted by Crippen LogP contribution is -2.43. The number of hydrogen-bond acceptors (Lipinski definition) is 4. The predicted molar refractivity (Wildman–Crippen MR) is 68.8 cm³/mol. The lowest BCUT2D eigenvalue weighted by Gasteiger charge is -2.25. The highest BCUT2D eigenvalue weighted by Crippen LogP contribution is 2.06. The third-order valence-corrected chi connectivity index (χ3v) is 2.25. The average Bonchev–Trinajstić information content (AvgIpc) is 2.09. The van der Waals surface area contributed by atoms with E-state index >= 15 is 0 Å². The number of carbonyl (C=O) groups is 1. The van der Waals surface area contributed by atoms with Gasteiger partial charge in [-0.05, 0) is 46.2 Å². The number of nitrogens with one attached hydrogen (secondary N) is 1. The highest BCUT2D eigenvalue weighted by molar-refractivity contribution is 5.85. The summed E-state index contributed by atoms with van der Waals surface area (Å²) in [4.78, 5) is 9.60. The highest BCUT2D eigenvalue weighted by atomic mass is 35.5. The molecule has 1 heterocycles. The van der Waals surface area contributed by atoms with Gasteiger partial charge in [0.2, 0.25) is 0 Å². The van der Waals surface area contributed by atoms with Gasteiger partial charge in [-0.1, -0.05) is 6.92 Å². The minimum Gasteiger partial charge on any atom is -0.462 e. The van der Waals surface area contributed by atoms with Gasteiger partial charge >= 0.3 is 0 Å². The van der Waals surface area contributed by atoms with E-state index in [0.29, 0.717) is 18.4 Å². The van der Waals surface area contributed by atoms with Crippen LogP contribution >= 0.6 is 12.4 Å². The molecule has 0 aromatic carbocycles. The summed E-state index contributed by atoms with van der Waals surface area (Å²) < 4.78 is 4.55. The Kier molecular flexibility index (Phi) is 9.92. The van der Waals surface area contributed by atoms with E-state index in [9.17, 15) is 4.79 Å². The molecule has 1 aliphatic rings. The molecule has 0 aliphatic carbocycles. The fourth-order valence-corrected chi connectivity index (χ4v) is 1.18. The van der Waals surface area contributed by atoms with Gasteiger partial charge in [0, 0.05) is 6.04 Å². The smallest absolute Gasteiger partial charge is 0.293 e. The molecule has 16 heavy (non-hydrogen) atoms.